The average Bonchev–Trinajstić information content (AvgIpc) is 2.55. The highest BCUT2D eigenvalue weighted by Gasteiger charge is 2.12. The summed E-state index contributed by atoms with van der Waals surface area (Å²) in [7, 11) is 0. The van der Waals surface area contributed by atoms with Crippen LogP contribution >= 0.6 is 48.8 Å². The Labute approximate surface area is 165 Å². The van der Waals surface area contributed by atoms with Gasteiger partial charge < -0.3 is 0 Å². The van der Waals surface area contributed by atoms with Gasteiger partial charge in [0, 0.05) is 9.79 Å². The Kier molecular flexibility index (Phi) is 7.73. The van der Waals surface area contributed by atoms with Crippen molar-refractivity contribution in [3.8, 4) is 0 Å². The van der Waals surface area contributed by atoms with E-state index in [1.807, 2.05) is 0 Å². The molecule has 128 valence electrons. The standard InChI is InChI=1S/C20H24S4/c1-13(2)15-9-5-7-11-17(15)23-19(21)20(22)24-18-12-8-6-10-16(18)14(3)4/h5-14,21-22H,1-4H3. The third-order valence-corrected chi connectivity index (χ3v) is 7.26. The highest BCUT2D eigenvalue weighted by molar-refractivity contribution is 8.21. The molecule has 0 spiro atoms. The Morgan fingerprint density at radius 1 is 0.667 bits per heavy atom. The predicted molar refractivity (Wildman–Crippen MR) is 118 cm³/mol. The summed E-state index contributed by atoms with van der Waals surface area (Å²) in [6.45, 7) is 8.88. The minimum Gasteiger partial charge on any atom is -0.135 e. The lowest BCUT2D eigenvalue weighted by atomic mass is 10.0. The summed E-state index contributed by atoms with van der Waals surface area (Å²) < 4.78 is 1.88. The van der Waals surface area contributed by atoms with Crippen molar-refractivity contribution in [2.45, 2.75) is 49.3 Å². The van der Waals surface area contributed by atoms with Crippen molar-refractivity contribution in [3.05, 3.63) is 68.1 Å². The number of hydrogen-bond acceptors (Lipinski definition) is 4. The molecule has 4 heteroatoms. The first kappa shape index (κ1) is 19.9. The zero-order chi connectivity index (χ0) is 17.7. The summed E-state index contributed by atoms with van der Waals surface area (Å²) in [5, 5.41) is 0. The Bertz CT molecular complexity index is 656. The van der Waals surface area contributed by atoms with E-state index in [4.69, 9.17) is 25.3 Å². The van der Waals surface area contributed by atoms with Gasteiger partial charge in [-0.2, -0.15) is 0 Å². The molecule has 0 unspecified atom stereocenters. The van der Waals surface area contributed by atoms with Gasteiger partial charge in [-0.1, -0.05) is 87.6 Å². The lowest BCUT2D eigenvalue weighted by Gasteiger charge is -2.14. The molecule has 0 saturated carbocycles. The van der Waals surface area contributed by atoms with E-state index in [-0.39, 0.29) is 0 Å². The SMILES string of the molecule is CC(C)c1ccccc1SC(S)=C(S)Sc1ccccc1C(C)C. The van der Waals surface area contributed by atoms with Gasteiger partial charge in [-0.3, -0.25) is 0 Å². The molecule has 0 radical (unpaired) electrons. The van der Waals surface area contributed by atoms with Gasteiger partial charge in [0.15, 0.2) is 0 Å². The Hall–Kier alpha value is -0.420. The van der Waals surface area contributed by atoms with Crippen LogP contribution in [0.1, 0.15) is 50.7 Å². The van der Waals surface area contributed by atoms with Gasteiger partial charge in [-0.05, 0) is 35.1 Å². The van der Waals surface area contributed by atoms with Crippen molar-refractivity contribution < 1.29 is 0 Å². The van der Waals surface area contributed by atoms with Crippen LogP contribution in [0.25, 0.3) is 0 Å². The van der Waals surface area contributed by atoms with Crippen molar-refractivity contribution in [2.75, 3.05) is 0 Å². The zero-order valence-electron chi connectivity index (χ0n) is 14.5. The molecule has 0 aromatic heterocycles. The molecule has 0 fully saturated rings. The van der Waals surface area contributed by atoms with Gasteiger partial charge in [0.05, 0.1) is 8.47 Å². The minimum absolute atomic E-state index is 0.493. The normalized spacial score (nSPS) is 12.7. The van der Waals surface area contributed by atoms with Crippen LogP contribution in [-0.4, -0.2) is 0 Å². The maximum Gasteiger partial charge on any atom is 0.0621 e. The van der Waals surface area contributed by atoms with E-state index < -0.39 is 0 Å². The van der Waals surface area contributed by atoms with Crippen molar-refractivity contribution in [1.29, 1.82) is 0 Å². The Morgan fingerprint density at radius 3 is 1.33 bits per heavy atom. The van der Waals surface area contributed by atoms with E-state index >= 15 is 0 Å². The van der Waals surface area contributed by atoms with E-state index in [1.165, 1.54) is 20.9 Å². The fourth-order valence-corrected chi connectivity index (χ4v) is 5.24. The molecule has 24 heavy (non-hydrogen) atoms. The van der Waals surface area contributed by atoms with E-state index in [9.17, 15) is 0 Å². The molecule has 0 nitrogen and oxygen atoms in total. The van der Waals surface area contributed by atoms with Crippen molar-refractivity contribution >= 4 is 48.8 Å². The summed E-state index contributed by atoms with van der Waals surface area (Å²) in [6, 6.07) is 17.0. The molecule has 0 aliphatic heterocycles. The number of benzene rings is 2. The molecule has 2 aromatic carbocycles. The molecular weight excluding hydrogens is 368 g/mol. The molecule has 2 rings (SSSR count). The summed E-state index contributed by atoms with van der Waals surface area (Å²) >= 11 is 12.8. The monoisotopic (exact) mass is 392 g/mol. The second kappa shape index (κ2) is 9.33. The zero-order valence-corrected chi connectivity index (χ0v) is 17.9. The van der Waals surface area contributed by atoms with Gasteiger partial charge in [-0.25, -0.2) is 0 Å². The van der Waals surface area contributed by atoms with Gasteiger partial charge >= 0.3 is 0 Å². The van der Waals surface area contributed by atoms with Crippen LogP contribution in [0, 0.1) is 0 Å². The van der Waals surface area contributed by atoms with Crippen LogP contribution in [0.5, 0.6) is 0 Å². The Balaban J connectivity index is 2.24. The number of rotatable bonds is 6. The molecule has 0 N–H and O–H groups in total. The fraction of sp³-hybridized carbons (Fsp3) is 0.300. The second-order valence-electron chi connectivity index (χ2n) is 6.20. The molecular formula is C20H24S4. The Morgan fingerprint density at radius 2 is 1.00 bits per heavy atom. The summed E-state index contributed by atoms with van der Waals surface area (Å²) in [6.07, 6.45) is 0. The number of hydrogen-bond donors (Lipinski definition) is 2. The molecule has 0 aliphatic rings. The molecule has 0 amide bonds. The van der Waals surface area contributed by atoms with Crippen LogP contribution in [0.2, 0.25) is 0 Å². The number of thiol groups is 2. The summed E-state index contributed by atoms with van der Waals surface area (Å²) in [5.41, 5.74) is 2.70. The van der Waals surface area contributed by atoms with Gasteiger partial charge in [-0.15, -0.1) is 25.3 Å². The van der Waals surface area contributed by atoms with E-state index in [1.54, 1.807) is 23.5 Å². The van der Waals surface area contributed by atoms with Crippen LogP contribution in [0.3, 0.4) is 0 Å². The van der Waals surface area contributed by atoms with Crippen LogP contribution in [-0.2, 0) is 0 Å². The van der Waals surface area contributed by atoms with Crippen LogP contribution in [0.4, 0.5) is 0 Å². The summed E-state index contributed by atoms with van der Waals surface area (Å²) in [5.74, 6) is 0.986. The van der Waals surface area contributed by atoms with Crippen molar-refractivity contribution in [3.63, 3.8) is 0 Å². The maximum absolute atomic E-state index is 4.71. The summed E-state index contributed by atoms with van der Waals surface area (Å²) in [4.78, 5) is 2.50. The lowest BCUT2D eigenvalue weighted by molar-refractivity contribution is 0.842. The first-order valence-electron chi connectivity index (χ1n) is 8.06. The molecule has 0 heterocycles. The molecule has 2 aromatic rings. The molecule has 0 atom stereocenters. The third kappa shape index (κ3) is 5.29. The average molecular weight is 393 g/mol. The first-order chi connectivity index (χ1) is 11.4. The quantitative estimate of drug-likeness (QED) is 0.380. The maximum atomic E-state index is 4.71. The molecule has 0 aliphatic carbocycles. The van der Waals surface area contributed by atoms with Gasteiger partial charge in [0.2, 0.25) is 0 Å². The molecule has 0 saturated heterocycles. The van der Waals surface area contributed by atoms with E-state index in [0.717, 1.165) is 8.47 Å². The van der Waals surface area contributed by atoms with Gasteiger partial charge in [0.1, 0.15) is 0 Å². The van der Waals surface area contributed by atoms with Crippen molar-refractivity contribution in [1.82, 2.24) is 0 Å². The van der Waals surface area contributed by atoms with E-state index in [0.29, 0.717) is 11.8 Å². The minimum atomic E-state index is 0.493. The third-order valence-electron chi connectivity index (χ3n) is 3.68. The fourth-order valence-electron chi connectivity index (χ4n) is 2.40. The highest BCUT2D eigenvalue weighted by Crippen LogP contribution is 2.43. The largest absolute Gasteiger partial charge is 0.135 e. The van der Waals surface area contributed by atoms with E-state index in [2.05, 4.69) is 76.2 Å². The molecule has 0 bridgehead atoms. The van der Waals surface area contributed by atoms with Crippen LogP contribution in [0.15, 0.2) is 66.8 Å². The lowest BCUT2D eigenvalue weighted by Crippen LogP contribution is -1.91. The topological polar surface area (TPSA) is 0 Å². The van der Waals surface area contributed by atoms with Crippen molar-refractivity contribution in [2.24, 2.45) is 0 Å². The second-order valence-corrected chi connectivity index (χ2v) is 9.80. The smallest absolute Gasteiger partial charge is 0.0621 e. The first-order valence-corrected chi connectivity index (χ1v) is 10.6. The van der Waals surface area contributed by atoms with Crippen LogP contribution < -0.4 is 0 Å². The van der Waals surface area contributed by atoms with Gasteiger partial charge in [0.25, 0.3) is 0 Å². The number of thioether (sulfide) groups is 2. The highest BCUT2D eigenvalue weighted by atomic mass is 32.2. The predicted octanol–water partition coefficient (Wildman–Crippen LogP) is 7.80.